The van der Waals surface area contributed by atoms with Gasteiger partial charge in [-0.3, -0.25) is 0 Å². The van der Waals surface area contributed by atoms with Crippen molar-refractivity contribution < 1.29 is 4.39 Å². The molecule has 0 aliphatic carbocycles. The molecule has 1 aromatic heterocycles. The number of para-hydroxylation sites is 1. The molecule has 5 nitrogen and oxygen atoms in total. The van der Waals surface area contributed by atoms with E-state index in [-0.39, 0.29) is 5.82 Å². The summed E-state index contributed by atoms with van der Waals surface area (Å²) in [7, 11) is 0. The van der Waals surface area contributed by atoms with E-state index in [1.54, 1.807) is 25.5 Å². The largest absolute Gasteiger partial charge is 0.357 e. The average Bonchev–Trinajstić information content (AvgIpc) is 3.21. The summed E-state index contributed by atoms with van der Waals surface area (Å²) in [5.41, 5.74) is 3.68. The van der Waals surface area contributed by atoms with Crippen LogP contribution in [0.15, 0.2) is 66.2 Å². The summed E-state index contributed by atoms with van der Waals surface area (Å²) in [6, 6.07) is 13.4. The third-order valence-electron chi connectivity index (χ3n) is 4.22. The van der Waals surface area contributed by atoms with Gasteiger partial charge in [0, 0.05) is 25.5 Å². The summed E-state index contributed by atoms with van der Waals surface area (Å²) in [5, 5.41) is 6.58. The number of nitrogens with zero attached hydrogens (tertiary/aromatic N) is 3. The van der Waals surface area contributed by atoms with E-state index < -0.39 is 0 Å². The van der Waals surface area contributed by atoms with Crippen LogP contribution in [-0.2, 0) is 13.1 Å². The molecule has 1 heterocycles. The van der Waals surface area contributed by atoms with Crippen LogP contribution in [0.25, 0.3) is 5.69 Å². The van der Waals surface area contributed by atoms with Gasteiger partial charge in [-0.15, -0.1) is 0 Å². The molecular formula is C21H24FN5. The zero-order chi connectivity index (χ0) is 19.1. The van der Waals surface area contributed by atoms with E-state index in [2.05, 4.69) is 32.7 Å². The Morgan fingerprint density at radius 1 is 1.19 bits per heavy atom. The van der Waals surface area contributed by atoms with Gasteiger partial charge in [0.25, 0.3) is 0 Å². The number of imidazole rings is 1. The summed E-state index contributed by atoms with van der Waals surface area (Å²) in [5.74, 6) is 0.494. The van der Waals surface area contributed by atoms with E-state index >= 15 is 0 Å². The van der Waals surface area contributed by atoms with Crippen LogP contribution < -0.4 is 10.6 Å². The maximum absolute atomic E-state index is 13.7. The van der Waals surface area contributed by atoms with Crippen molar-refractivity contribution in [2.24, 2.45) is 4.99 Å². The van der Waals surface area contributed by atoms with Crippen molar-refractivity contribution in [3.63, 3.8) is 0 Å². The minimum Gasteiger partial charge on any atom is -0.357 e. The molecule has 0 bridgehead atoms. The Balaban J connectivity index is 1.71. The Hall–Kier alpha value is -3.15. The van der Waals surface area contributed by atoms with Crippen molar-refractivity contribution in [1.29, 1.82) is 0 Å². The van der Waals surface area contributed by atoms with Crippen LogP contribution in [0.4, 0.5) is 4.39 Å². The van der Waals surface area contributed by atoms with E-state index in [0.29, 0.717) is 24.6 Å². The minimum atomic E-state index is -0.199. The number of aliphatic imine (C=N–C) groups is 1. The van der Waals surface area contributed by atoms with Crippen molar-refractivity contribution in [2.45, 2.75) is 26.9 Å². The molecule has 0 spiro atoms. The van der Waals surface area contributed by atoms with Crippen molar-refractivity contribution >= 4 is 5.96 Å². The molecule has 0 radical (unpaired) electrons. The Morgan fingerprint density at radius 3 is 2.78 bits per heavy atom. The lowest BCUT2D eigenvalue weighted by atomic mass is 10.1. The highest BCUT2D eigenvalue weighted by Crippen LogP contribution is 2.14. The molecule has 0 saturated heterocycles. The van der Waals surface area contributed by atoms with Crippen molar-refractivity contribution in [1.82, 2.24) is 20.2 Å². The number of nitrogens with one attached hydrogen (secondary N) is 2. The average molecular weight is 365 g/mol. The van der Waals surface area contributed by atoms with Crippen molar-refractivity contribution in [2.75, 3.05) is 6.54 Å². The molecule has 0 saturated carbocycles. The molecule has 6 heteroatoms. The summed E-state index contributed by atoms with van der Waals surface area (Å²) in [6.45, 7) is 5.54. The highest BCUT2D eigenvalue weighted by Gasteiger charge is 2.05. The number of rotatable bonds is 6. The van der Waals surface area contributed by atoms with Crippen LogP contribution in [0.3, 0.4) is 0 Å². The zero-order valence-electron chi connectivity index (χ0n) is 15.6. The predicted octanol–water partition coefficient (Wildman–Crippen LogP) is 3.58. The Labute approximate surface area is 159 Å². The van der Waals surface area contributed by atoms with Gasteiger partial charge >= 0.3 is 0 Å². The summed E-state index contributed by atoms with van der Waals surface area (Å²) >= 11 is 0. The monoisotopic (exact) mass is 365 g/mol. The standard InChI is InChI=1S/C21H24FN5/c1-3-24-21(25-13-17-9-8-16(2)19(22)12-17)26-14-18-6-4-5-7-20(18)27-11-10-23-15-27/h4-12,15H,3,13-14H2,1-2H3,(H2,24,25,26). The quantitative estimate of drug-likeness (QED) is 0.519. The third kappa shape index (κ3) is 4.94. The molecule has 0 unspecified atom stereocenters. The first-order valence-electron chi connectivity index (χ1n) is 9.01. The second kappa shape index (κ2) is 8.98. The highest BCUT2D eigenvalue weighted by atomic mass is 19.1. The Morgan fingerprint density at radius 2 is 2.04 bits per heavy atom. The molecule has 0 atom stereocenters. The maximum atomic E-state index is 13.7. The van der Waals surface area contributed by atoms with Gasteiger partial charge < -0.3 is 15.2 Å². The molecule has 3 rings (SSSR count). The first-order chi connectivity index (χ1) is 13.2. The van der Waals surface area contributed by atoms with E-state index in [4.69, 9.17) is 0 Å². The van der Waals surface area contributed by atoms with Gasteiger partial charge in [0.15, 0.2) is 5.96 Å². The Bertz CT molecular complexity index is 903. The van der Waals surface area contributed by atoms with Crippen molar-refractivity contribution in [3.05, 3.63) is 83.7 Å². The SMILES string of the molecule is CCNC(=NCc1ccc(C)c(F)c1)NCc1ccccc1-n1ccnc1. The van der Waals surface area contributed by atoms with E-state index in [0.717, 1.165) is 23.4 Å². The van der Waals surface area contributed by atoms with Gasteiger partial charge in [0.2, 0.25) is 0 Å². The number of hydrogen-bond acceptors (Lipinski definition) is 2. The molecule has 27 heavy (non-hydrogen) atoms. The van der Waals surface area contributed by atoms with Crippen LogP contribution in [0.1, 0.15) is 23.6 Å². The van der Waals surface area contributed by atoms with Crippen LogP contribution in [0, 0.1) is 12.7 Å². The lowest BCUT2D eigenvalue weighted by Crippen LogP contribution is -2.37. The molecule has 2 aromatic carbocycles. The van der Waals surface area contributed by atoms with Crippen molar-refractivity contribution in [3.8, 4) is 5.69 Å². The highest BCUT2D eigenvalue weighted by molar-refractivity contribution is 5.79. The van der Waals surface area contributed by atoms with Gasteiger partial charge in [-0.25, -0.2) is 14.4 Å². The fraction of sp³-hybridized carbons (Fsp3) is 0.238. The van der Waals surface area contributed by atoms with E-state index in [1.165, 1.54) is 6.07 Å². The molecule has 0 aliphatic rings. The number of aromatic nitrogens is 2. The first kappa shape index (κ1) is 18.6. The molecule has 3 aromatic rings. The lowest BCUT2D eigenvalue weighted by Gasteiger charge is -2.14. The van der Waals surface area contributed by atoms with Gasteiger partial charge in [-0.05, 0) is 42.7 Å². The molecule has 0 aliphatic heterocycles. The molecule has 140 valence electrons. The van der Waals surface area contributed by atoms with Gasteiger partial charge in [0.05, 0.1) is 18.6 Å². The number of benzene rings is 2. The normalized spacial score (nSPS) is 11.4. The van der Waals surface area contributed by atoms with Gasteiger partial charge in [-0.1, -0.05) is 30.3 Å². The van der Waals surface area contributed by atoms with E-state index in [1.807, 2.05) is 35.9 Å². The lowest BCUT2D eigenvalue weighted by molar-refractivity contribution is 0.616. The second-order valence-electron chi connectivity index (χ2n) is 6.23. The maximum Gasteiger partial charge on any atom is 0.191 e. The summed E-state index contributed by atoms with van der Waals surface area (Å²) in [6.07, 6.45) is 5.46. The van der Waals surface area contributed by atoms with Crippen LogP contribution >= 0.6 is 0 Å². The second-order valence-corrected chi connectivity index (χ2v) is 6.23. The molecule has 0 amide bonds. The van der Waals surface area contributed by atoms with Crippen LogP contribution in [-0.4, -0.2) is 22.1 Å². The fourth-order valence-corrected chi connectivity index (χ4v) is 2.74. The molecule has 2 N–H and O–H groups in total. The predicted molar refractivity (Wildman–Crippen MR) is 106 cm³/mol. The minimum absolute atomic E-state index is 0.199. The topological polar surface area (TPSA) is 54.2 Å². The Kier molecular flexibility index (Phi) is 6.20. The van der Waals surface area contributed by atoms with E-state index in [9.17, 15) is 4.39 Å². The number of guanidine groups is 1. The fourth-order valence-electron chi connectivity index (χ4n) is 2.74. The van der Waals surface area contributed by atoms with Crippen LogP contribution in [0.5, 0.6) is 0 Å². The van der Waals surface area contributed by atoms with Gasteiger partial charge in [0.1, 0.15) is 5.82 Å². The first-order valence-corrected chi connectivity index (χ1v) is 9.01. The number of aryl methyl sites for hydroxylation is 1. The third-order valence-corrected chi connectivity index (χ3v) is 4.22. The smallest absolute Gasteiger partial charge is 0.191 e. The number of halogens is 1. The van der Waals surface area contributed by atoms with Gasteiger partial charge in [-0.2, -0.15) is 0 Å². The number of hydrogen-bond donors (Lipinski definition) is 2. The molecular weight excluding hydrogens is 341 g/mol. The summed E-state index contributed by atoms with van der Waals surface area (Å²) in [4.78, 5) is 8.69. The molecule has 0 fully saturated rings. The van der Waals surface area contributed by atoms with Crippen LogP contribution in [0.2, 0.25) is 0 Å². The zero-order valence-corrected chi connectivity index (χ0v) is 15.6. The summed E-state index contributed by atoms with van der Waals surface area (Å²) < 4.78 is 15.7.